The molecular weight excluding hydrogens is 280 g/mol. The number of carboxylic acid groups (broad SMARTS) is 1. The van der Waals surface area contributed by atoms with E-state index in [0.717, 1.165) is 0 Å². The number of pyridine rings is 1. The quantitative estimate of drug-likeness (QED) is 0.743. The van der Waals surface area contributed by atoms with Crippen LogP contribution >= 0.6 is 0 Å². The molecule has 6 nitrogen and oxygen atoms in total. The van der Waals surface area contributed by atoms with E-state index in [4.69, 9.17) is 5.11 Å². The number of carboxylic acids is 1. The number of sulfonamides is 1. The lowest BCUT2D eigenvalue weighted by atomic mass is 9.97. The molecule has 1 heterocycles. The van der Waals surface area contributed by atoms with E-state index in [9.17, 15) is 13.2 Å². The summed E-state index contributed by atoms with van der Waals surface area (Å²) in [6.07, 6.45) is 1.91. The number of rotatable bonds is 8. The van der Waals surface area contributed by atoms with Crippen LogP contribution in [0.4, 0.5) is 0 Å². The fourth-order valence-corrected chi connectivity index (χ4v) is 2.74. The standard InChI is InChI=1S/C13H20N2O4S/c1-10(2)12(13(16)17)9-15-20(18,19)8-6-11-5-3-4-7-14-11/h3-5,7,10,12,15H,6,8-9H2,1-2H3,(H,16,17). The summed E-state index contributed by atoms with van der Waals surface area (Å²) in [5, 5.41) is 9.00. The van der Waals surface area contributed by atoms with Crippen LogP contribution in [0.15, 0.2) is 24.4 Å². The van der Waals surface area contributed by atoms with Crippen molar-refractivity contribution in [3.8, 4) is 0 Å². The highest BCUT2D eigenvalue weighted by Crippen LogP contribution is 2.10. The summed E-state index contributed by atoms with van der Waals surface area (Å²) in [5.41, 5.74) is 0.691. The summed E-state index contributed by atoms with van der Waals surface area (Å²) in [6, 6.07) is 5.31. The van der Waals surface area contributed by atoms with Crippen LogP contribution in [0, 0.1) is 11.8 Å². The zero-order valence-electron chi connectivity index (χ0n) is 11.6. The van der Waals surface area contributed by atoms with Gasteiger partial charge in [0.1, 0.15) is 0 Å². The molecule has 0 saturated heterocycles. The van der Waals surface area contributed by atoms with E-state index in [1.54, 1.807) is 38.2 Å². The van der Waals surface area contributed by atoms with Gasteiger partial charge in [0.25, 0.3) is 0 Å². The highest BCUT2D eigenvalue weighted by molar-refractivity contribution is 7.89. The van der Waals surface area contributed by atoms with Crippen LogP contribution in [0.2, 0.25) is 0 Å². The van der Waals surface area contributed by atoms with E-state index in [1.165, 1.54) is 0 Å². The first kappa shape index (κ1) is 16.6. The van der Waals surface area contributed by atoms with Crippen molar-refractivity contribution in [3.05, 3.63) is 30.1 Å². The summed E-state index contributed by atoms with van der Waals surface area (Å²) in [5.74, 6) is -1.95. The van der Waals surface area contributed by atoms with Crippen LogP contribution in [0.25, 0.3) is 0 Å². The smallest absolute Gasteiger partial charge is 0.308 e. The van der Waals surface area contributed by atoms with E-state index in [-0.39, 0.29) is 18.2 Å². The zero-order valence-corrected chi connectivity index (χ0v) is 12.4. The Labute approximate surface area is 119 Å². The number of hydrogen-bond donors (Lipinski definition) is 2. The SMILES string of the molecule is CC(C)C(CNS(=O)(=O)CCc1ccccn1)C(=O)O. The highest BCUT2D eigenvalue weighted by Gasteiger charge is 2.23. The Balaban J connectivity index is 2.51. The summed E-state index contributed by atoms with van der Waals surface area (Å²) < 4.78 is 26.0. The molecule has 0 radical (unpaired) electrons. The summed E-state index contributed by atoms with van der Waals surface area (Å²) >= 11 is 0. The van der Waals surface area contributed by atoms with Crippen LogP contribution in [0.1, 0.15) is 19.5 Å². The van der Waals surface area contributed by atoms with Crippen LogP contribution in [0.3, 0.4) is 0 Å². The Kier molecular flexibility index (Phi) is 6.09. The average Bonchev–Trinajstić information content (AvgIpc) is 2.37. The van der Waals surface area contributed by atoms with Crippen LogP contribution in [-0.4, -0.2) is 36.8 Å². The lowest BCUT2D eigenvalue weighted by Gasteiger charge is -2.16. The van der Waals surface area contributed by atoms with Crippen molar-refractivity contribution in [1.82, 2.24) is 9.71 Å². The van der Waals surface area contributed by atoms with E-state index in [1.807, 2.05) is 0 Å². The molecule has 2 N–H and O–H groups in total. The average molecular weight is 300 g/mol. The van der Waals surface area contributed by atoms with Gasteiger partial charge in [0, 0.05) is 24.9 Å². The van der Waals surface area contributed by atoms with Crippen molar-refractivity contribution in [3.63, 3.8) is 0 Å². The second kappa shape index (κ2) is 7.35. The zero-order chi connectivity index (χ0) is 15.2. The Morgan fingerprint density at radius 2 is 2.10 bits per heavy atom. The van der Waals surface area contributed by atoms with Crippen LogP contribution in [0.5, 0.6) is 0 Å². The molecule has 20 heavy (non-hydrogen) atoms. The van der Waals surface area contributed by atoms with Gasteiger partial charge in [0.05, 0.1) is 11.7 Å². The third-order valence-electron chi connectivity index (χ3n) is 3.00. The van der Waals surface area contributed by atoms with E-state index in [2.05, 4.69) is 9.71 Å². The molecule has 0 aliphatic rings. The number of nitrogens with one attached hydrogen (secondary N) is 1. The van der Waals surface area contributed by atoms with Gasteiger partial charge in [-0.1, -0.05) is 19.9 Å². The highest BCUT2D eigenvalue weighted by atomic mass is 32.2. The van der Waals surface area contributed by atoms with Crippen molar-refractivity contribution in [2.75, 3.05) is 12.3 Å². The molecule has 0 aromatic carbocycles. The molecule has 0 saturated carbocycles. The monoisotopic (exact) mass is 300 g/mol. The summed E-state index contributed by atoms with van der Waals surface area (Å²) in [7, 11) is -3.50. The van der Waals surface area contributed by atoms with Crippen molar-refractivity contribution in [1.29, 1.82) is 0 Å². The van der Waals surface area contributed by atoms with Gasteiger partial charge in [0.15, 0.2) is 0 Å². The molecule has 112 valence electrons. The molecule has 0 spiro atoms. The van der Waals surface area contributed by atoms with Gasteiger partial charge < -0.3 is 5.11 Å². The number of hydrogen-bond acceptors (Lipinski definition) is 4. The lowest BCUT2D eigenvalue weighted by Crippen LogP contribution is -2.37. The molecular formula is C13H20N2O4S. The molecule has 0 aliphatic heterocycles. The fourth-order valence-electron chi connectivity index (χ4n) is 1.68. The molecule has 1 atom stereocenters. The third kappa shape index (κ3) is 5.66. The molecule has 1 unspecified atom stereocenters. The molecule has 7 heteroatoms. The minimum Gasteiger partial charge on any atom is -0.481 e. The third-order valence-corrected chi connectivity index (χ3v) is 4.35. The van der Waals surface area contributed by atoms with E-state index < -0.39 is 21.9 Å². The van der Waals surface area contributed by atoms with Gasteiger partial charge in [-0.05, 0) is 18.1 Å². The van der Waals surface area contributed by atoms with Gasteiger partial charge in [-0.15, -0.1) is 0 Å². The predicted octanol–water partition coefficient (Wildman–Crippen LogP) is 0.900. The maximum Gasteiger partial charge on any atom is 0.308 e. The number of aliphatic carboxylic acids is 1. The first-order valence-corrected chi connectivity index (χ1v) is 8.07. The van der Waals surface area contributed by atoms with Crippen molar-refractivity contribution in [2.45, 2.75) is 20.3 Å². The molecule has 0 fully saturated rings. The minimum atomic E-state index is -3.50. The number of aryl methyl sites for hydroxylation is 1. The first-order chi connectivity index (χ1) is 9.32. The van der Waals surface area contributed by atoms with Gasteiger partial charge in [-0.25, -0.2) is 13.1 Å². The molecule has 1 aromatic heterocycles. The number of aromatic nitrogens is 1. The second-order valence-corrected chi connectivity index (χ2v) is 6.85. The lowest BCUT2D eigenvalue weighted by molar-refractivity contribution is -0.142. The van der Waals surface area contributed by atoms with E-state index in [0.29, 0.717) is 12.1 Å². The van der Waals surface area contributed by atoms with Gasteiger partial charge in [-0.3, -0.25) is 9.78 Å². The fraction of sp³-hybridized carbons (Fsp3) is 0.538. The Bertz CT molecular complexity index is 529. The van der Waals surface area contributed by atoms with E-state index >= 15 is 0 Å². The topological polar surface area (TPSA) is 96.4 Å². The minimum absolute atomic E-state index is 0.0858. The Morgan fingerprint density at radius 3 is 2.60 bits per heavy atom. The molecule has 0 amide bonds. The normalized spacial score (nSPS) is 13.3. The molecule has 1 rings (SSSR count). The predicted molar refractivity (Wildman–Crippen MR) is 75.7 cm³/mol. The molecule has 1 aromatic rings. The number of carbonyl (C=O) groups is 1. The number of nitrogens with zero attached hydrogens (tertiary/aromatic N) is 1. The maximum absolute atomic E-state index is 11.8. The maximum atomic E-state index is 11.8. The van der Waals surface area contributed by atoms with Gasteiger partial charge in [-0.2, -0.15) is 0 Å². The molecule has 0 bridgehead atoms. The first-order valence-electron chi connectivity index (χ1n) is 6.42. The van der Waals surface area contributed by atoms with Crippen molar-refractivity contribution < 1.29 is 18.3 Å². The Morgan fingerprint density at radius 1 is 1.40 bits per heavy atom. The van der Waals surface area contributed by atoms with Gasteiger partial charge in [0.2, 0.25) is 10.0 Å². The molecule has 0 aliphatic carbocycles. The van der Waals surface area contributed by atoms with Crippen molar-refractivity contribution >= 4 is 16.0 Å². The van der Waals surface area contributed by atoms with Crippen LogP contribution in [-0.2, 0) is 21.2 Å². The summed E-state index contributed by atoms with van der Waals surface area (Å²) in [4.78, 5) is 15.0. The van der Waals surface area contributed by atoms with Gasteiger partial charge >= 0.3 is 5.97 Å². The van der Waals surface area contributed by atoms with Crippen LogP contribution < -0.4 is 4.72 Å². The second-order valence-electron chi connectivity index (χ2n) is 4.93. The summed E-state index contributed by atoms with van der Waals surface area (Å²) in [6.45, 7) is 3.42. The Hall–Kier alpha value is -1.47. The largest absolute Gasteiger partial charge is 0.481 e. The van der Waals surface area contributed by atoms with Crippen molar-refractivity contribution in [2.24, 2.45) is 11.8 Å².